The molecule has 0 aliphatic rings. The van der Waals surface area contributed by atoms with Gasteiger partial charge in [-0.15, -0.1) is 0 Å². The minimum atomic E-state index is -0.781. The molecule has 2 aromatic carbocycles. The molecule has 0 saturated heterocycles. The van der Waals surface area contributed by atoms with E-state index in [2.05, 4.69) is 5.32 Å². The highest BCUT2D eigenvalue weighted by molar-refractivity contribution is 6.42. The van der Waals surface area contributed by atoms with Crippen molar-refractivity contribution in [1.82, 2.24) is 0 Å². The van der Waals surface area contributed by atoms with Crippen LogP contribution in [0, 0.1) is 0 Å². The minimum absolute atomic E-state index is 0.148. The Hall–Kier alpha value is -1.42. The maximum absolute atomic E-state index is 9.87. The van der Waals surface area contributed by atoms with Crippen LogP contribution in [0.5, 0.6) is 5.75 Å². The van der Waals surface area contributed by atoms with Gasteiger partial charge in [-0.05, 0) is 30.7 Å². The summed E-state index contributed by atoms with van der Waals surface area (Å²) in [5.74, 6) is 0.690. The first-order valence-corrected chi connectivity index (χ1v) is 7.24. The van der Waals surface area contributed by atoms with Gasteiger partial charge >= 0.3 is 0 Å². The van der Waals surface area contributed by atoms with E-state index in [-0.39, 0.29) is 6.61 Å². The summed E-state index contributed by atoms with van der Waals surface area (Å²) in [5, 5.41) is 14.0. The number of methoxy groups -OCH3 is 1. The molecule has 21 heavy (non-hydrogen) atoms. The van der Waals surface area contributed by atoms with E-state index in [0.29, 0.717) is 15.8 Å². The molecular weight excluding hydrogens is 309 g/mol. The van der Waals surface area contributed by atoms with Gasteiger partial charge in [0.25, 0.3) is 0 Å². The van der Waals surface area contributed by atoms with Crippen LogP contribution in [0.2, 0.25) is 10.0 Å². The lowest BCUT2D eigenvalue weighted by molar-refractivity contribution is 0.223. The fourth-order valence-electron chi connectivity index (χ4n) is 2.17. The molecule has 0 bridgehead atoms. The number of benzene rings is 2. The van der Waals surface area contributed by atoms with Crippen molar-refractivity contribution < 1.29 is 9.84 Å². The number of ether oxygens (including phenoxy) is 1. The lowest BCUT2D eigenvalue weighted by Gasteiger charge is -2.32. The zero-order valence-corrected chi connectivity index (χ0v) is 13.4. The van der Waals surface area contributed by atoms with Crippen LogP contribution in [0.4, 0.5) is 5.69 Å². The van der Waals surface area contributed by atoms with E-state index in [1.807, 2.05) is 37.3 Å². The third-order valence-electron chi connectivity index (χ3n) is 3.38. The van der Waals surface area contributed by atoms with Gasteiger partial charge in [-0.1, -0.05) is 47.5 Å². The Morgan fingerprint density at radius 1 is 1.14 bits per heavy atom. The molecule has 0 radical (unpaired) electrons. The zero-order chi connectivity index (χ0) is 15.5. The summed E-state index contributed by atoms with van der Waals surface area (Å²) in [4.78, 5) is 0. The van der Waals surface area contributed by atoms with Crippen LogP contribution < -0.4 is 10.1 Å². The first-order valence-electron chi connectivity index (χ1n) is 6.48. The van der Waals surface area contributed by atoms with E-state index in [9.17, 15) is 5.11 Å². The highest BCUT2D eigenvalue weighted by atomic mass is 35.5. The highest BCUT2D eigenvalue weighted by Crippen LogP contribution is 2.37. The Bertz CT molecular complexity index is 633. The molecule has 0 aliphatic carbocycles. The number of aliphatic hydroxyl groups is 1. The zero-order valence-electron chi connectivity index (χ0n) is 11.9. The maximum atomic E-state index is 9.87. The van der Waals surface area contributed by atoms with Gasteiger partial charge in [0.15, 0.2) is 0 Å². The Morgan fingerprint density at radius 3 is 2.52 bits per heavy atom. The number of hydrogen-bond donors (Lipinski definition) is 2. The molecule has 2 aromatic rings. The summed E-state index contributed by atoms with van der Waals surface area (Å²) >= 11 is 12.4. The van der Waals surface area contributed by atoms with E-state index >= 15 is 0 Å². The van der Waals surface area contributed by atoms with Gasteiger partial charge < -0.3 is 15.2 Å². The number of rotatable bonds is 5. The molecule has 3 nitrogen and oxygen atoms in total. The molecule has 0 amide bonds. The summed E-state index contributed by atoms with van der Waals surface area (Å²) < 4.78 is 5.32. The topological polar surface area (TPSA) is 41.5 Å². The standard InChI is InChI=1S/C16H17Cl2NO2/c1-16(10-20,11-6-5-7-12(17)15(11)18)19-13-8-3-4-9-14(13)21-2/h3-9,19-20H,10H2,1-2H3. The van der Waals surface area contributed by atoms with Gasteiger partial charge in [0.2, 0.25) is 0 Å². The fourth-order valence-corrected chi connectivity index (χ4v) is 2.68. The Labute approximate surface area is 134 Å². The SMILES string of the molecule is COc1ccccc1NC(C)(CO)c1cccc(Cl)c1Cl. The quantitative estimate of drug-likeness (QED) is 0.860. The van der Waals surface area contributed by atoms with Crippen molar-refractivity contribution >= 4 is 28.9 Å². The molecule has 0 spiro atoms. The van der Waals surface area contributed by atoms with Crippen molar-refractivity contribution in [1.29, 1.82) is 0 Å². The van der Waals surface area contributed by atoms with E-state index in [0.717, 1.165) is 11.3 Å². The van der Waals surface area contributed by atoms with Gasteiger partial charge in [-0.25, -0.2) is 0 Å². The van der Waals surface area contributed by atoms with Crippen LogP contribution in [-0.4, -0.2) is 18.8 Å². The number of aliphatic hydroxyl groups excluding tert-OH is 1. The van der Waals surface area contributed by atoms with Crippen molar-refractivity contribution in [2.45, 2.75) is 12.5 Å². The van der Waals surface area contributed by atoms with Crippen molar-refractivity contribution in [3.05, 3.63) is 58.1 Å². The molecule has 5 heteroatoms. The third kappa shape index (κ3) is 3.26. The average Bonchev–Trinajstić information content (AvgIpc) is 2.50. The highest BCUT2D eigenvalue weighted by Gasteiger charge is 2.29. The lowest BCUT2D eigenvalue weighted by atomic mass is 9.92. The molecule has 0 fully saturated rings. The van der Waals surface area contributed by atoms with E-state index in [4.69, 9.17) is 27.9 Å². The molecule has 1 unspecified atom stereocenters. The van der Waals surface area contributed by atoms with Crippen LogP contribution in [0.15, 0.2) is 42.5 Å². The van der Waals surface area contributed by atoms with Gasteiger partial charge in [0, 0.05) is 0 Å². The first-order chi connectivity index (χ1) is 10.0. The fraction of sp³-hybridized carbons (Fsp3) is 0.250. The molecule has 2 N–H and O–H groups in total. The number of nitrogens with one attached hydrogen (secondary N) is 1. The summed E-state index contributed by atoms with van der Waals surface area (Å²) in [5.41, 5.74) is 0.717. The van der Waals surface area contributed by atoms with Crippen LogP contribution in [-0.2, 0) is 5.54 Å². The van der Waals surface area contributed by atoms with Crippen molar-refractivity contribution in [2.24, 2.45) is 0 Å². The molecular formula is C16H17Cl2NO2. The summed E-state index contributed by atoms with van der Waals surface area (Å²) in [6.45, 7) is 1.71. The maximum Gasteiger partial charge on any atom is 0.141 e. The largest absolute Gasteiger partial charge is 0.495 e. The van der Waals surface area contributed by atoms with E-state index < -0.39 is 5.54 Å². The molecule has 0 aliphatic heterocycles. The van der Waals surface area contributed by atoms with Gasteiger partial charge in [-0.2, -0.15) is 0 Å². The van der Waals surface area contributed by atoms with Crippen molar-refractivity contribution in [3.63, 3.8) is 0 Å². The van der Waals surface area contributed by atoms with Gasteiger partial charge in [-0.3, -0.25) is 0 Å². The van der Waals surface area contributed by atoms with Crippen LogP contribution in [0.3, 0.4) is 0 Å². The normalized spacial score (nSPS) is 13.6. The monoisotopic (exact) mass is 325 g/mol. The second-order valence-corrected chi connectivity index (χ2v) is 5.70. The second-order valence-electron chi connectivity index (χ2n) is 4.92. The van der Waals surface area contributed by atoms with Crippen LogP contribution in [0.25, 0.3) is 0 Å². The molecule has 0 saturated carbocycles. The summed E-state index contributed by atoms with van der Waals surface area (Å²) in [6, 6.07) is 12.9. The third-order valence-corrected chi connectivity index (χ3v) is 4.20. The summed E-state index contributed by atoms with van der Waals surface area (Å²) in [6.07, 6.45) is 0. The van der Waals surface area contributed by atoms with Crippen molar-refractivity contribution in [2.75, 3.05) is 19.0 Å². The Balaban J connectivity index is 2.44. The number of anilines is 1. The molecule has 112 valence electrons. The average molecular weight is 326 g/mol. The van der Waals surface area contributed by atoms with Gasteiger partial charge in [0.1, 0.15) is 5.75 Å². The first kappa shape index (κ1) is 16.0. The van der Waals surface area contributed by atoms with Crippen LogP contribution in [0.1, 0.15) is 12.5 Å². The molecule has 0 heterocycles. The Kier molecular flexibility index (Phi) is 4.99. The predicted molar refractivity (Wildman–Crippen MR) is 87.5 cm³/mol. The lowest BCUT2D eigenvalue weighted by Crippen LogP contribution is -2.36. The van der Waals surface area contributed by atoms with Crippen LogP contribution >= 0.6 is 23.2 Å². The molecule has 0 aromatic heterocycles. The minimum Gasteiger partial charge on any atom is -0.495 e. The smallest absolute Gasteiger partial charge is 0.141 e. The molecule has 2 rings (SSSR count). The van der Waals surface area contributed by atoms with Gasteiger partial charge in [0.05, 0.1) is 35.0 Å². The predicted octanol–water partition coefficient (Wildman–Crippen LogP) is 4.32. The Morgan fingerprint density at radius 2 is 1.86 bits per heavy atom. The number of halogens is 2. The number of hydrogen-bond acceptors (Lipinski definition) is 3. The number of para-hydroxylation sites is 2. The van der Waals surface area contributed by atoms with Crippen molar-refractivity contribution in [3.8, 4) is 5.75 Å². The van der Waals surface area contributed by atoms with E-state index in [1.165, 1.54) is 0 Å². The van der Waals surface area contributed by atoms with E-state index in [1.54, 1.807) is 19.2 Å². The molecule has 1 atom stereocenters. The second kappa shape index (κ2) is 6.56. The summed E-state index contributed by atoms with van der Waals surface area (Å²) in [7, 11) is 1.60.